The van der Waals surface area contributed by atoms with Crippen LogP contribution in [-0.4, -0.2) is 5.16 Å². The van der Waals surface area contributed by atoms with Crippen molar-refractivity contribution in [2.75, 3.05) is 0 Å². The van der Waals surface area contributed by atoms with Crippen LogP contribution in [0.5, 0.6) is 0 Å². The minimum Gasteiger partial charge on any atom is -0.194 e. The van der Waals surface area contributed by atoms with Crippen molar-refractivity contribution in [1.82, 2.24) is 0 Å². The molecule has 0 saturated heterocycles. The topological polar surface area (TPSA) is 12.4 Å². The molecule has 0 radical (unpaired) electrons. The minimum atomic E-state index is 0.755. The number of thiocarbonyl (C=S) groups is 1. The standard InChI is InChI=1S/C16H15NS/c1-2-11-3-6-14-13(12-4-5-12)7-8-16(17-10-18)15(14)9-11/h3,6-9,12H,2,4-5H2,1H3. The molecule has 0 heterocycles. The van der Waals surface area contributed by atoms with Gasteiger partial charge < -0.3 is 0 Å². The van der Waals surface area contributed by atoms with Gasteiger partial charge in [0.05, 0.1) is 10.8 Å². The second kappa shape index (κ2) is 4.64. The van der Waals surface area contributed by atoms with Crippen LogP contribution in [0, 0.1) is 0 Å². The van der Waals surface area contributed by atoms with Gasteiger partial charge >= 0.3 is 0 Å². The van der Waals surface area contributed by atoms with Crippen LogP contribution >= 0.6 is 12.2 Å². The number of isothiocyanates is 1. The predicted molar refractivity (Wildman–Crippen MR) is 80.0 cm³/mol. The van der Waals surface area contributed by atoms with Crippen molar-refractivity contribution in [3.05, 3.63) is 41.5 Å². The van der Waals surface area contributed by atoms with Crippen molar-refractivity contribution in [2.45, 2.75) is 32.1 Å². The maximum absolute atomic E-state index is 4.74. The van der Waals surface area contributed by atoms with E-state index in [4.69, 9.17) is 12.2 Å². The lowest BCUT2D eigenvalue weighted by molar-refractivity contribution is 1.13. The van der Waals surface area contributed by atoms with E-state index in [1.165, 1.54) is 34.7 Å². The normalized spacial score (nSPS) is 14.5. The molecule has 2 aromatic rings. The van der Waals surface area contributed by atoms with Gasteiger partial charge in [-0.3, -0.25) is 0 Å². The van der Waals surface area contributed by atoms with Gasteiger partial charge in [-0.2, -0.15) is 4.99 Å². The van der Waals surface area contributed by atoms with Gasteiger partial charge in [-0.25, -0.2) is 0 Å². The summed E-state index contributed by atoms with van der Waals surface area (Å²) in [4.78, 5) is 4.20. The monoisotopic (exact) mass is 253 g/mol. The van der Waals surface area contributed by atoms with E-state index in [-0.39, 0.29) is 0 Å². The number of hydrogen-bond donors (Lipinski definition) is 0. The molecule has 0 aromatic heterocycles. The van der Waals surface area contributed by atoms with E-state index < -0.39 is 0 Å². The van der Waals surface area contributed by atoms with Crippen LogP contribution < -0.4 is 0 Å². The number of nitrogens with zero attached hydrogens (tertiary/aromatic N) is 1. The fraction of sp³-hybridized carbons (Fsp3) is 0.312. The van der Waals surface area contributed by atoms with E-state index in [0.717, 1.165) is 18.0 Å². The highest BCUT2D eigenvalue weighted by molar-refractivity contribution is 7.78. The highest BCUT2D eigenvalue weighted by Crippen LogP contribution is 2.44. The summed E-state index contributed by atoms with van der Waals surface area (Å²) in [6.45, 7) is 2.17. The number of aliphatic imine (C=N–C) groups is 1. The number of benzene rings is 2. The van der Waals surface area contributed by atoms with Crippen molar-refractivity contribution in [2.24, 2.45) is 4.99 Å². The van der Waals surface area contributed by atoms with Crippen LogP contribution in [0.4, 0.5) is 5.69 Å². The molecular formula is C16H15NS. The molecule has 3 rings (SSSR count). The summed E-state index contributed by atoms with van der Waals surface area (Å²) >= 11 is 4.74. The highest BCUT2D eigenvalue weighted by atomic mass is 32.1. The third kappa shape index (κ3) is 1.98. The van der Waals surface area contributed by atoms with Gasteiger partial charge in [0.25, 0.3) is 0 Å². The Bertz CT molecular complexity index is 649. The van der Waals surface area contributed by atoms with Crippen LogP contribution in [0.3, 0.4) is 0 Å². The van der Waals surface area contributed by atoms with Gasteiger partial charge in [0.1, 0.15) is 0 Å². The maximum atomic E-state index is 4.74. The minimum absolute atomic E-state index is 0.755. The SMILES string of the molecule is CCc1ccc2c(C3CC3)ccc(N=C=S)c2c1. The molecule has 0 N–H and O–H groups in total. The zero-order valence-electron chi connectivity index (χ0n) is 10.4. The highest BCUT2D eigenvalue weighted by Gasteiger charge is 2.25. The first-order chi connectivity index (χ1) is 8.83. The average molecular weight is 253 g/mol. The Balaban J connectivity index is 2.30. The molecule has 1 fully saturated rings. The molecule has 0 aliphatic heterocycles. The largest absolute Gasteiger partial charge is 0.194 e. The van der Waals surface area contributed by atoms with Crippen molar-refractivity contribution in [3.8, 4) is 0 Å². The fourth-order valence-electron chi connectivity index (χ4n) is 2.52. The second-order valence-corrected chi connectivity index (χ2v) is 5.07. The molecule has 1 aliphatic rings. The molecule has 2 aromatic carbocycles. The average Bonchev–Trinajstić information content (AvgIpc) is 3.23. The van der Waals surface area contributed by atoms with Crippen LogP contribution in [0.1, 0.15) is 36.8 Å². The van der Waals surface area contributed by atoms with E-state index in [1.807, 2.05) is 0 Å². The first-order valence-corrected chi connectivity index (χ1v) is 6.87. The molecule has 0 amide bonds. The zero-order chi connectivity index (χ0) is 12.5. The maximum Gasteiger partial charge on any atom is 0.0818 e. The Labute approximate surface area is 113 Å². The quantitative estimate of drug-likeness (QED) is 0.553. The first kappa shape index (κ1) is 11.6. The second-order valence-electron chi connectivity index (χ2n) is 4.88. The summed E-state index contributed by atoms with van der Waals surface area (Å²) in [5.41, 5.74) is 3.76. The Morgan fingerprint density at radius 1 is 1.22 bits per heavy atom. The Hall–Kier alpha value is -1.50. The molecule has 0 bridgehead atoms. The lowest BCUT2D eigenvalue weighted by Gasteiger charge is -2.09. The van der Waals surface area contributed by atoms with E-state index in [9.17, 15) is 0 Å². The summed E-state index contributed by atoms with van der Waals surface area (Å²) < 4.78 is 0. The number of aryl methyl sites for hydroxylation is 1. The molecule has 2 heteroatoms. The van der Waals surface area contributed by atoms with Crippen LogP contribution in [0.25, 0.3) is 10.8 Å². The van der Waals surface area contributed by atoms with E-state index in [1.54, 1.807) is 0 Å². The molecule has 90 valence electrons. The van der Waals surface area contributed by atoms with E-state index in [2.05, 4.69) is 47.4 Å². The first-order valence-electron chi connectivity index (χ1n) is 6.47. The third-order valence-corrected chi connectivity index (χ3v) is 3.77. The Morgan fingerprint density at radius 3 is 2.72 bits per heavy atom. The van der Waals surface area contributed by atoms with Gasteiger partial charge in [-0.1, -0.05) is 25.1 Å². The smallest absolute Gasteiger partial charge is 0.0818 e. The number of fused-ring (bicyclic) bond motifs is 1. The molecule has 0 unspecified atom stereocenters. The summed E-state index contributed by atoms with van der Waals surface area (Å²) in [5, 5.41) is 5.04. The van der Waals surface area contributed by atoms with Crippen molar-refractivity contribution < 1.29 is 0 Å². The van der Waals surface area contributed by atoms with Gasteiger partial charge in [-0.15, -0.1) is 0 Å². The molecule has 0 spiro atoms. The molecule has 1 aliphatic carbocycles. The lowest BCUT2D eigenvalue weighted by Crippen LogP contribution is -1.86. The summed E-state index contributed by atoms with van der Waals surface area (Å²) in [6.07, 6.45) is 3.69. The van der Waals surface area contributed by atoms with E-state index >= 15 is 0 Å². The molecule has 0 atom stereocenters. The van der Waals surface area contributed by atoms with Crippen molar-refractivity contribution in [3.63, 3.8) is 0 Å². The predicted octanol–water partition coefficient (Wildman–Crippen LogP) is 5.01. The lowest BCUT2D eigenvalue weighted by atomic mass is 9.97. The van der Waals surface area contributed by atoms with Crippen LogP contribution in [0.2, 0.25) is 0 Å². The van der Waals surface area contributed by atoms with Crippen molar-refractivity contribution in [1.29, 1.82) is 0 Å². The van der Waals surface area contributed by atoms with Crippen LogP contribution in [-0.2, 0) is 6.42 Å². The summed E-state index contributed by atoms with van der Waals surface area (Å²) in [7, 11) is 0. The van der Waals surface area contributed by atoms with E-state index in [0.29, 0.717) is 0 Å². The van der Waals surface area contributed by atoms with Gasteiger partial charge in [0.15, 0.2) is 0 Å². The molecular weight excluding hydrogens is 238 g/mol. The molecule has 1 nitrogen and oxygen atoms in total. The zero-order valence-corrected chi connectivity index (χ0v) is 11.3. The van der Waals surface area contributed by atoms with Gasteiger partial charge in [-0.05, 0) is 66.0 Å². The van der Waals surface area contributed by atoms with Crippen LogP contribution in [0.15, 0.2) is 35.3 Å². The van der Waals surface area contributed by atoms with Gasteiger partial charge in [0, 0.05) is 5.39 Å². The Kier molecular flexibility index (Phi) is 2.99. The molecule has 1 saturated carbocycles. The summed E-state index contributed by atoms with van der Waals surface area (Å²) in [6, 6.07) is 11.0. The Morgan fingerprint density at radius 2 is 2.06 bits per heavy atom. The summed E-state index contributed by atoms with van der Waals surface area (Å²) in [5.74, 6) is 0.755. The number of rotatable bonds is 3. The van der Waals surface area contributed by atoms with Gasteiger partial charge in [0.2, 0.25) is 0 Å². The number of hydrogen-bond acceptors (Lipinski definition) is 2. The fourth-order valence-corrected chi connectivity index (χ4v) is 2.62. The van der Waals surface area contributed by atoms with Crippen molar-refractivity contribution >= 4 is 33.8 Å². The third-order valence-electron chi connectivity index (χ3n) is 3.68. The molecule has 18 heavy (non-hydrogen) atoms.